The molecular formula is C23H27ClF3N5O4. The van der Waals surface area contributed by atoms with Gasteiger partial charge in [-0.2, -0.15) is 18.3 Å². The van der Waals surface area contributed by atoms with E-state index in [1.807, 2.05) is 0 Å². The number of hydrogen-bond donors (Lipinski definition) is 1. The molecule has 0 radical (unpaired) electrons. The number of alkyl halides is 4. The van der Waals surface area contributed by atoms with Crippen LogP contribution in [0.25, 0.3) is 5.69 Å². The molecule has 0 saturated carbocycles. The Balaban J connectivity index is 1.50. The number of ether oxygens (including phenoxy) is 2. The summed E-state index contributed by atoms with van der Waals surface area (Å²) in [5.74, 6) is 0.0621. The van der Waals surface area contributed by atoms with Gasteiger partial charge in [0.15, 0.2) is 5.69 Å². The molecular weight excluding hydrogens is 503 g/mol. The van der Waals surface area contributed by atoms with Gasteiger partial charge < -0.3 is 14.4 Å². The van der Waals surface area contributed by atoms with E-state index in [9.17, 15) is 22.8 Å². The van der Waals surface area contributed by atoms with Crippen molar-refractivity contribution in [3.8, 4) is 11.4 Å². The van der Waals surface area contributed by atoms with Crippen LogP contribution in [0.1, 0.15) is 34.6 Å². The summed E-state index contributed by atoms with van der Waals surface area (Å²) in [5.41, 5.74) is 1.92. The highest BCUT2D eigenvalue weighted by atomic mass is 35.5. The average molecular weight is 530 g/mol. The van der Waals surface area contributed by atoms with E-state index in [4.69, 9.17) is 21.1 Å². The van der Waals surface area contributed by atoms with Crippen molar-refractivity contribution in [2.45, 2.75) is 31.5 Å². The Labute approximate surface area is 211 Å². The summed E-state index contributed by atoms with van der Waals surface area (Å²) in [4.78, 5) is 27.1. The number of hydrogen-bond acceptors (Lipinski definition) is 6. The van der Waals surface area contributed by atoms with Crippen LogP contribution in [0, 0.1) is 0 Å². The summed E-state index contributed by atoms with van der Waals surface area (Å²) in [5, 5.41) is 5.58. The largest absolute Gasteiger partial charge is 0.497 e. The second-order valence-corrected chi connectivity index (χ2v) is 8.90. The predicted molar refractivity (Wildman–Crippen MR) is 124 cm³/mol. The first-order chi connectivity index (χ1) is 17.2. The maximum absolute atomic E-state index is 13.8. The third kappa shape index (κ3) is 5.60. The minimum atomic E-state index is -4.68. The van der Waals surface area contributed by atoms with Crippen LogP contribution in [-0.4, -0.2) is 83.4 Å². The lowest BCUT2D eigenvalue weighted by atomic mass is 9.97. The topological polar surface area (TPSA) is 88.9 Å². The van der Waals surface area contributed by atoms with Crippen molar-refractivity contribution in [2.75, 3.05) is 45.8 Å². The Kier molecular flexibility index (Phi) is 8.06. The van der Waals surface area contributed by atoms with Crippen LogP contribution in [-0.2, 0) is 22.1 Å². The van der Waals surface area contributed by atoms with Crippen LogP contribution in [0.2, 0.25) is 0 Å². The summed E-state index contributed by atoms with van der Waals surface area (Å²) >= 11 is 5.53. The summed E-state index contributed by atoms with van der Waals surface area (Å²) < 4.78 is 52.6. The zero-order chi connectivity index (χ0) is 25.9. The zero-order valence-electron chi connectivity index (χ0n) is 19.7. The molecule has 1 aromatic carbocycles. The maximum Gasteiger partial charge on any atom is 0.435 e. The summed E-state index contributed by atoms with van der Waals surface area (Å²) in [6.07, 6.45) is -3.50. The number of methoxy groups -OCH3 is 1. The molecule has 1 aromatic heterocycles. The first kappa shape index (κ1) is 26.2. The van der Waals surface area contributed by atoms with Crippen molar-refractivity contribution >= 4 is 23.4 Å². The van der Waals surface area contributed by atoms with Crippen LogP contribution >= 0.6 is 11.6 Å². The first-order valence-electron chi connectivity index (χ1n) is 11.6. The molecule has 2 aromatic rings. The molecule has 2 amide bonds. The van der Waals surface area contributed by atoms with Crippen LogP contribution in [0.15, 0.2) is 24.3 Å². The molecule has 2 aliphatic heterocycles. The van der Waals surface area contributed by atoms with Gasteiger partial charge in [-0.15, -0.1) is 11.6 Å². The van der Waals surface area contributed by atoms with Crippen LogP contribution < -0.4 is 10.2 Å². The summed E-state index contributed by atoms with van der Waals surface area (Å²) in [7, 11) is 1.49. The van der Waals surface area contributed by atoms with E-state index in [0.717, 1.165) is 4.68 Å². The SMILES string of the molecule is COc1ccc(-n2nc(C(F)(F)F)c3c2C(=O)N(C2CCN(NC(=O)COCCCl)CC2)CC3)cc1. The van der Waals surface area contributed by atoms with Crippen molar-refractivity contribution in [2.24, 2.45) is 0 Å². The number of nitrogens with zero attached hydrogens (tertiary/aromatic N) is 4. The van der Waals surface area contributed by atoms with Gasteiger partial charge in [0.1, 0.15) is 18.1 Å². The van der Waals surface area contributed by atoms with Gasteiger partial charge in [-0.1, -0.05) is 0 Å². The maximum atomic E-state index is 13.8. The van der Waals surface area contributed by atoms with E-state index >= 15 is 0 Å². The number of hydrazine groups is 1. The van der Waals surface area contributed by atoms with Crippen LogP contribution in [0.4, 0.5) is 13.2 Å². The van der Waals surface area contributed by atoms with Gasteiger partial charge >= 0.3 is 6.18 Å². The van der Waals surface area contributed by atoms with Gasteiger partial charge in [0, 0.05) is 37.1 Å². The van der Waals surface area contributed by atoms with Crippen molar-refractivity contribution in [3.05, 3.63) is 41.2 Å². The Morgan fingerprint density at radius 2 is 1.89 bits per heavy atom. The smallest absolute Gasteiger partial charge is 0.435 e. The highest BCUT2D eigenvalue weighted by Crippen LogP contribution is 2.37. The second kappa shape index (κ2) is 11.1. The number of piperidine rings is 1. The quantitative estimate of drug-likeness (QED) is 0.418. The molecule has 1 N–H and O–H groups in total. The zero-order valence-corrected chi connectivity index (χ0v) is 20.4. The molecule has 0 unspecified atom stereocenters. The molecule has 13 heteroatoms. The lowest BCUT2D eigenvalue weighted by molar-refractivity contribution is -0.142. The Hall–Kier alpha value is -2.83. The third-order valence-corrected chi connectivity index (χ3v) is 6.43. The summed E-state index contributed by atoms with van der Waals surface area (Å²) in [6, 6.07) is 6.17. The molecule has 2 aliphatic rings. The molecule has 1 saturated heterocycles. The number of fused-ring (bicyclic) bond motifs is 1. The molecule has 0 atom stereocenters. The van der Waals surface area contributed by atoms with E-state index in [0.29, 0.717) is 43.2 Å². The number of aromatic nitrogens is 2. The molecule has 1 fully saturated rings. The lowest BCUT2D eigenvalue weighted by Gasteiger charge is -2.40. The highest BCUT2D eigenvalue weighted by Gasteiger charge is 2.44. The van der Waals surface area contributed by atoms with Gasteiger partial charge in [-0.05, 0) is 43.5 Å². The van der Waals surface area contributed by atoms with Gasteiger partial charge in [-0.25, -0.2) is 9.69 Å². The fraction of sp³-hybridized carbons (Fsp3) is 0.522. The lowest BCUT2D eigenvalue weighted by Crippen LogP contribution is -2.54. The molecule has 3 heterocycles. The Morgan fingerprint density at radius 1 is 1.19 bits per heavy atom. The second-order valence-electron chi connectivity index (χ2n) is 8.53. The molecule has 4 rings (SSSR count). The van der Waals surface area contributed by atoms with E-state index in [1.165, 1.54) is 7.11 Å². The first-order valence-corrected chi connectivity index (χ1v) is 12.1. The van der Waals surface area contributed by atoms with Gasteiger partial charge in [0.25, 0.3) is 11.8 Å². The summed E-state index contributed by atoms with van der Waals surface area (Å²) in [6.45, 7) is 1.34. The minimum Gasteiger partial charge on any atom is -0.497 e. The van der Waals surface area contributed by atoms with Crippen molar-refractivity contribution in [1.82, 2.24) is 25.1 Å². The molecule has 196 valence electrons. The van der Waals surface area contributed by atoms with Crippen LogP contribution in [0.3, 0.4) is 0 Å². The normalized spacial score (nSPS) is 17.2. The molecule has 0 spiro atoms. The Morgan fingerprint density at radius 3 is 2.50 bits per heavy atom. The molecule has 0 aliphatic carbocycles. The van der Waals surface area contributed by atoms with Gasteiger partial charge in [-0.3, -0.25) is 15.0 Å². The average Bonchev–Trinajstić information content (AvgIpc) is 3.26. The van der Waals surface area contributed by atoms with Crippen molar-refractivity contribution in [3.63, 3.8) is 0 Å². The number of rotatable bonds is 8. The predicted octanol–water partition coefficient (Wildman–Crippen LogP) is 2.65. The molecule has 0 bridgehead atoms. The number of amides is 2. The van der Waals surface area contributed by atoms with E-state index in [1.54, 1.807) is 34.2 Å². The van der Waals surface area contributed by atoms with E-state index < -0.39 is 17.8 Å². The van der Waals surface area contributed by atoms with Crippen molar-refractivity contribution in [1.29, 1.82) is 0 Å². The fourth-order valence-corrected chi connectivity index (χ4v) is 4.69. The number of nitrogens with one attached hydrogen (secondary N) is 1. The molecule has 9 nitrogen and oxygen atoms in total. The van der Waals surface area contributed by atoms with E-state index in [-0.39, 0.29) is 49.4 Å². The number of carbonyl (C=O) groups excluding carboxylic acids is 2. The third-order valence-electron chi connectivity index (χ3n) is 6.28. The Bertz CT molecular complexity index is 1080. The monoisotopic (exact) mass is 529 g/mol. The number of carbonyl (C=O) groups is 2. The highest BCUT2D eigenvalue weighted by molar-refractivity contribution is 6.18. The van der Waals surface area contributed by atoms with Gasteiger partial charge in [0.05, 0.1) is 19.4 Å². The van der Waals surface area contributed by atoms with Crippen molar-refractivity contribution < 1.29 is 32.2 Å². The van der Waals surface area contributed by atoms with Crippen LogP contribution in [0.5, 0.6) is 5.75 Å². The van der Waals surface area contributed by atoms with E-state index in [2.05, 4.69) is 10.5 Å². The standard InChI is InChI=1S/C23H27ClF3N5O4/c1-35-17-4-2-16(3-5-17)32-20-18(21(29-32)23(25,26)27)8-12-31(22(20)34)15-6-10-30(11-7-15)28-19(33)14-36-13-9-24/h2-5,15H,6-14H2,1H3,(H,28,33). The molecule has 36 heavy (non-hydrogen) atoms. The fourth-order valence-electron chi connectivity index (χ4n) is 4.58. The number of benzene rings is 1. The minimum absolute atomic E-state index is 0.0565. The number of halogens is 4. The van der Waals surface area contributed by atoms with Gasteiger partial charge in [0.2, 0.25) is 0 Å².